The molecule has 1 aromatic carbocycles. The van der Waals surface area contributed by atoms with Crippen molar-refractivity contribution in [2.75, 3.05) is 23.3 Å². The summed E-state index contributed by atoms with van der Waals surface area (Å²) in [5.41, 5.74) is -0.438. The van der Waals surface area contributed by atoms with E-state index in [9.17, 15) is 26.7 Å². The number of anilines is 2. The van der Waals surface area contributed by atoms with Crippen molar-refractivity contribution in [2.45, 2.75) is 25.8 Å². The fourth-order valence-electron chi connectivity index (χ4n) is 4.05. The van der Waals surface area contributed by atoms with Gasteiger partial charge in [-0.2, -0.15) is 5.10 Å². The van der Waals surface area contributed by atoms with E-state index in [1.54, 1.807) is 6.92 Å². The lowest BCUT2D eigenvalue weighted by atomic mass is 10.0. The summed E-state index contributed by atoms with van der Waals surface area (Å²) in [4.78, 5) is 30.7. The zero-order valence-electron chi connectivity index (χ0n) is 20.0. The maximum absolute atomic E-state index is 14.6. The molecule has 1 aliphatic rings. The van der Waals surface area contributed by atoms with E-state index in [1.807, 2.05) is 0 Å². The van der Waals surface area contributed by atoms with Gasteiger partial charge in [-0.05, 0) is 13.0 Å². The number of amides is 1. The maximum atomic E-state index is 14.6. The molecule has 0 bridgehead atoms. The molecule has 1 fully saturated rings. The normalized spacial score (nSPS) is 14.4. The van der Waals surface area contributed by atoms with E-state index in [0.29, 0.717) is 17.2 Å². The van der Waals surface area contributed by atoms with Gasteiger partial charge in [-0.3, -0.25) is 19.4 Å². The van der Waals surface area contributed by atoms with Gasteiger partial charge >= 0.3 is 0 Å². The third kappa shape index (κ3) is 5.50. The smallest absolute Gasteiger partial charge is 0.282 e. The van der Waals surface area contributed by atoms with Crippen LogP contribution in [-0.2, 0) is 6.54 Å². The number of benzene rings is 1. The zero-order valence-corrected chi connectivity index (χ0v) is 20.8. The molecule has 4 aromatic rings. The highest BCUT2D eigenvalue weighted by molar-refractivity contribution is 6.31. The first kappa shape index (κ1) is 26.4. The van der Waals surface area contributed by atoms with Gasteiger partial charge in [0.1, 0.15) is 11.5 Å². The molecule has 0 radical (unpaired) electrons. The number of nitrogens with one attached hydrogen (secondary N) is 1. The minimum atomic E-state index is -3.01. The van der Waals surface area contributed by atoms with Crippen LogP contribution in [-0.4, -0.2) is 54.6 Å². The molecule has 0 atom stereocenters. The van der Waals surface area contributed by atoms with Crippen LogP contribution in [0.15, 0.2) is 43.1 Å². The van der Waals surface area contributed by atoms with Crippen LogP contribution in [0.3, 0.4) is 0 Å². The van der Waals surface area contributed by atoms with Crippen LogP contribution in [0, 0.1) is 12.7 Å². The number of halogens is 6. The monoisotopic (exact) mass is 564 g/mol. The first-order valence-corrected chi connectivity index (χ1v) is 11.8. The molecule has 3 aromatic heterocycles. The summed E-state index contributed by atoms with van der Waals surface area (Å²) in [6, 6.07) is 2.00. The van der Waals surface area contributed by atoms with Crippen LogP contribution in [0.4, 0.5) is 33.5 Å². The Morgan fingerprint density at radius 1 is 1.15 bits per heavy atom. The highest BCUT2D eigenvalue weighted by Crippen LogP contribution is 2.35. The minimum Gasteiger partial charge on any atom is -0.343 e. The van der Waals surface area contributed by atoms with Crippen LogP contribution < -0.4 is 10.2 Å². The lowest BCUT2D eigenvalue weighted by molar-refractivity contribution is -0.0268. The van der Waals surface area contributed by atoms with Crippen LogP contribution in [0.5, 0.6) is 0 Å². The summed E-state index contributed by atoms with van der Waals surface area (Å²) < 4.78 is 69.3. The standard InChI is InChI=1S/C24H18ClF5N8O/c1-12-22(37-10-24(29,30)11-37)32-4-13(34-12)8-38-9-14(5-33-38)35-23(39)18-7-31-6-17(36-18)19-15(21(27)28)2-3-16(25)20(19)26/h2-7,9,21H,8,10-11H2,1H3,(H,35,39). The molecule has 5 rings (SSSR count). The highest BCUT2D eigenvalue weighted by atomic mass is 35.5. The van der Waals surface area contributed by atoms with E-state index in [-0.39, 0.29) is 28.6 Å². The molecule has 1 aliphatic heterocycles. The Hall–Kier alpha value is -4.20. The van der Waals surface area contributed by atoms with Gasteiger partial charge in [-0.15, -0.1) is 0 Å². The van der Waals surface area contributed by atoms with Crippen molar-refractivity contribution >= 4 is 29.0 Å². The van der Waals surface area contributed by atoms with Crippen LogP contribution in [0.25, 0.3) is 11.3 Å². The molecule has 1 saturated heterocycles. The number of rotatable bonds is 7. The molecular weight excluding hydrogens is 547 g/mol. The Morgan fingerprint density at radius 2 is 1.92 bits per heavy atom. The summed E-state index contributed by atoms with van der Waals surface area (Å²) in [5.74, 6) is -4.18. The molecule has 15 heteroatoms. The molecule has 1 N–H and O–H groups in total. The summed E-state index contributed by atoms with van der Waals surface area (Å²) >= 11 is 5.77. The van der Waals surface area contributed by atoms with E-state index >= 15 is 0 Å². The molecule has 202 valence electrons. The van der Waals surface area contributed by atoms with Crippen molar-refractivity contribution in [3.8, 4) is 11.3 Å². The molecule has 4 heterocycles. The zero-order chi connectivity index (χ0) is 27.9. The first-order chi connectivity index (χ1) is 18.5. The topological polar surface area (TPSA) is 102 Å². The van der Waals surface area contributed by atoms with Gasteiger partial charge in [0.05, 0.1) is 72.2 Å². The SMILES string of the molecule is Cc1nc(Cn2cc(NC(=O)c3cncc(-c4c(C(F)F)ccc(Cl)c4F)n3)cn2)cnc1N1CC(F)(F)C1. The van der Waals surface area contributed by atoms with E-state index in [0.717, 1.165) is 24.5 Å². The Morgan fingerprint density at radius 3 is 2.62 bits per heavy atom. The minimum absolute atomic E-state index is 0.180. The van der Waals surface area contributed by atoms with Gasteiger partial charge in [0, 0.05) is 17.3 Å². The molecule has 1 amide bonds. The number of nitrogens with zero attached hydrogens (tertiary/aromatic N) is 7. The Labute approximate surface area is 222 Å². The number of hydrogen-bond acceptors (Lipinski definition) is 7. The number of alkyl halides is 4. The summed E-state index contributed by atoms with van der Waals surface area (Å²) in [7, 11) is 0. The lowest BCUT2D eigenvalue weighted by Gasteiger charge is -2.39. The van der Waals surface area contributed by atoms with Gasteiger partial charge in [0.25, 0.3) is 18.3 Å². The number of carbonyl (C=O) groups excluding carboxylic acids is 1. The summed E-state index contributed by atoms with van der Waals surface area (Å²) in [5, 5.41) is 6.33. The predicted molar refractivity (Wildman–Crippen MR) is 131 cm³/mol. The second kappa shape index (κ2) is 10.2. The van der Waals surface area contributed by atoms with Crippen molar-refractivity contribution in [1.82, 2.24) is 29.7 Å². The van der Waals surface area contributed by atoms with Crippen molar-refractivity contribution < 1.29 is 26.7 Å². The second-order valence-corrected chi connectivity index (χ2v) is 9.19. The highest BCUT2D eigenvalue weighted by Gasteiger charge is 2.45. The summed E-state index contributed by atoms with van der Waals surface area (Å²) in [6.45, 7) is 1.04. The first-order valence-electron chi connectivity index (χ1n) is 11.4. The van der Waals surface area contributed by atoms with Gasteiger partial charge in [0.15, 0.2) is 5.82 Å². The molecule has 0 unspecified atom stereocenters. The fraction of sp³-hybridized carbons (Fsp3) is 0.250. The van der Waals surface area contributed by atoms with Gasteiger partial charge in [-0.25, -0.2) is 31.9 Å². The molecule has 39 heavy (non-hydrogen) atoms. The van der Waals surface area contributed by atoms with E-state index in [1.165, 1.54) is 28.2 Å². The Kier molecular flexibility index (Phi) is 6.89. The van der Waals surface area contributed by atoms with Crippen LogP contribution >= 0.6 is 11.6 Å². The number of hydrogen-bond donors (Lipinski definition) is 1. The average molecular weight is 565 g/mol. The molecule has 0 aliphatic carbocycles. The quantitative estimate of drug-likeness (QED) is 0.318. The second-order valence-electron chi connectivity index (χ2n) is 8.78. The third-order valence-electron chi connectivity index (χ3n) is 5.82. The van der Waals surface area contributed by atoms with E-state index in [2.05, 4.69) is 30.4 Å². The van der Waals surface area contributed by atoms with Crippen LogP contribution in [0.1, 0.15) is 33.9 Å². The fourth-order valence-corrected chi connectivity index (χ4v) is 4.21. The molecule has 0 spiro atoms. The van der Waals surface area contributed by atoms with Gasteiger partial charge in [0.2, 0.25) is 0 Å². The van der Waals surface area contributed by atoms with Crippen molar-refractivity contribution in [1.29, 1.82) is 0 Å². The maximum Gasteiger partial charge on any atom is 0.282 e. The van der Waals surface area contributed by atoms with Crippen LogP contribution in [0.2, 0.25) is 5.02 Å². The van der Waals surface area contributed by atoms with Crippen molar-refractivity contribution in [3.63, 3.8) is 0 Å². The lowest BCUT2D eigenvalue weighted by Crippen LogP contribution is -2.57. The van der Waals surface area contributed by atoms with Crippen molar-refractivity contribution in [3.05, 3.63) is 76.6 Å². The summed E-state index contributed by atoms with van der Waals surface area (Å²) in [6.07, 6.45) is 3.46. The van der Waals surface area contributed by atoms with Gasteiger partial charge < -0.3 is 10.2 Å². The van der Waals surface area contributed by atoms with Gasteiger partial charge in [-0.1, -0.05) is 17.7 Å². The van der Waals surface area contributed by atoms with E-state index < -0.39 is 48.3 Å². The third-order valence-corrected chi connectivity index (χ3v) is 6.11. The predicted octanol–water partition coefficient (Wildman–Crippen LogP) is 4.92. The Balaban J connectivity index is 1.28. The van der Waals surface area contributed by atoms with Crippen molar-refractivity contribution in [2.24, 2.45) is 0 Å². The number of aryl methyl sites for hydroxylation is 1. The molecule has 9 nitrogen and oxygen atoms in total. The average Bonchev–Trinajstić information content (AvgIpc) is 3.30. The largest absolute Gasteiger partial charge is 0.343 e. The van der Waals surface area contributed by atoms with E-state index in [4.69, 9.17) is 11.6 Å². The number of aromatic nitrogens is 6. The molecule has 0 saturated carbocycles. The number of carbonyl (C=O) groups is 1. The Bertz CT molecular complexity index is 1560. The molecular formula is C24H18ClF5N8O.